The normalized spacial score (nSPS) is 26.4. The molecule has 3 heterocycles. The van der Waals surface area contributed by atoms with Crippen LogP contribution in [0.2, 0.25) is 0 Å². The van der Waals surface area contributed by atoms with Gasteiger partial charge in [-0.1, -0.05) is 0 Å². The fraction of sp³-hybridized carbons (Fsp3) is 0.706. The van der Waals surface area contributed by atoms with Gasteiger partial charge in [0, 0.05) is 44.5 Å². The van der Waals surface area contributed by atoms with E-state index >= 15 is 0 Å². The Balaban J connectivity index is 0.00000300. The van der Waals surface area contributed by atoms with Crippen molar-refractivity contribution in [1.29, 1.82) is 0 Å². The second-order valence-electron chi connectivity index (χ2n) is 7.26. The summed E-state index contributed by atoms with van der Waals surface area (Å²) in [5, 5.41) is 10.5. The Kier molecular flexibility index (Phi) is 7.66. The zero-order valence-corrected chi connectivity index (χ0v) is 16.7. The first kappa shape index (κ1) is 23.6. The number of hydrogen-bond donors (Lipinski definition) is 2. The van der Waals surface area contributed by atoms with Gasteiger partial charge in [-0.15, -0.1) is 12.4 Å². The summed E-state index contributed by atoms with van der Waals surface area (Å²) in [4.78, 5) is 23.3. The molecular formula is C17H25ClF3N5O3. The van der Waals surface area contributed by atoms with E-state index in [-0.39, 0.29) is 49.5 Å². The molecule has 164 valence electrons. The molecule has 3 N–H and O–H groups in total. The van der Waals surface area contributed by atoms with E-state index in [0.29, 0.717) is 25.9 Å². The molecule has 3 rings (SSSR count). The lowest BCUT2D eigenvalue weighted by atomic mass is 10.0. The number of likely N-dealkylation sites (tertiary alicyclic amines) is 1. The van der Waals surface area contributed by atoms with Crippen molar-refractivity contribution in [2.45, 2.75) is 50.2 Å². The summed E-state index contributed by atoms with van der Waals surface area (Å²) >= 11 is 0. The smallest absolute Gasteiger partial charge is 0.389 e. The number of nitrogens with two attached hydrogens (primary N) is 1. The predicted octanol–water partition coefficient (Wildman–Crippen LogP) is 0.821. The van der Waals surface area contributed by atoms with Crippen molar-refractivity contribution >= 4 is 24.3 Å². The van der Waals surface area contributed by atoms with E-state index in [1.807, 2.05) is 0 Å². The van der Waals surface area contributed by atoms with Gasteiger partial charge in [0.1, 0.15) is 6.10 Å². The number of amides is 1. The number of piperidine rings is 1. The van der Waals surface area contributed by atoms with E-state index in [9.17, 15) is 23.1 Å². The molecule has 0 saturated carbocycles. The summed E-state index contributed by atoms with van der Waals surface area (Å²) in [6, 6.07) is -0.540. The van der Waals surface area contributed by atoms with Crippen LogP contribution in [0.15, 0.2) is 12.4 Å². The number of aromatic nitrogens is 2. The first-order chi connectivity index (χ1) is 13.2. The Labute approximate surface area is 172 Å². The van der Waals surface area contributed by atoms with Gasteiger partial charge < -0.3 is 25.4 Å². The molecule has 1 aromatic heterocycles. The maximum Gasteiger partial charge on any atom is 0.419 e. The van der Waals surface area contributed by atoms with Gasteiger partial charge in [0.25, 0.3) is 5.91 Å². The monoisotopic (exact) mass is 439 g/mol. The molecule has 2 aliphatic heterocycles. The summed E-state index contributed by atoms with van der Waals surface area (Å²) in [5.41, 5.74) is 4.73. The van der Waals surface area contributed by atoms with Crippen LogP contribution in [0, 0.1) is 0 Å². The number of anilines is 1. The van der Waals surface area contributed by atoms with Crippen molar-refractivity contribution in [3.05, 3.63) is 18.0 Å². The van der Waals surface area contributed by atoms with Crippen LogP contribution in [0.3, 0.4) is 0 Å². The summed E-state index contributed by atoms with van der Waals surface area (Å²) in [7, 11) is 0. The summed E-state index contributed by atoms with van der Waals surface area (Å²) in [6.45, 7) is 3.12. The molecule has 0 spiro atoms. The molecular weight excluding hydrogens is 415 g/mol. The summed E-state index contributed by atoms with van der Waals surface area (Å²) < 4.78 is 43.4. The van der Waals surface area contributed by atoms with Gasteiger partial charge >= 0.3 is 6.18 Å². The van der Waals surface area contributed by atoms with Gasteiger partial charge in [-0.05, 0) is 13.3 Å². The molecule has 8 nitrogen and oxygen atoms in total. The zero-order valence-electron chi connectivity index (χ0n) is 15.9. The highest BCUT2D eigenvalue weighted by Crippen LogP contribution is 2.29. The van der Waals surface area contributed by atoms with Crippen molar-refractivity contribution in [2.75, 3.05) is 31.1 Å². The summed E-state index contributed by atoms with van der Waals surface area (Å²) in [6.07, 6.45) is -3.46. The van der Waals surface area contributed by atoms with Gasteiger partial charge in [0.2, 0.25) is 5.95 Å². The van der Waals surface area contributed by atoms with Gasteiger partial charge in [0.05, 0.1) is 24.3 Å². The van der Waals surface area contributed by atoms with Crippen LogP contribution in [-0.2, 0) is 15.7 Å². The highest BCUT2D eigenvalue weighted by molar-refractivity contribution is 5.85. The van der Waals surface area contributed by atoms with Crippen LogP contribution in [0.25, 0.3) is 0 Å². The molecule has 2 aliphatic rings. The average Bonchev–Trinajstić information content (AvgIpc) is 3.00. The van der Waals surface area contributed by atoms with Gasteiger partial charge in [-0.2, -0.15) is 13.2 Å². The van der Waals surface area contributed by atoms with Crippen molar-refractivity contribution in [1.82, 2.24) is 14.9 Å². The molecule has 0 bridgehead atoms. The lowest BCUT2D eigenvalue weighted by molar-refractivity contribution is -0.141. The Morgan fingerprint density at radius 3 is 2.52 bits per heavy atom. The maximum atomic E-state index is 12.6. The predicted molar refractivity (Wildman–Crippen MR) is 101 cm³/mol. The molecule has 12 heteroatoms. The van der Waals surface area contributed by atoms with Crippen LogP contribution >= 0.6 is 12.4 Å². The van der Waals surface area contributed by atoms with E-state index in [1.54, 1.807) is 16.7 Å². The minimum Gasteiger partial charge on any atom is -0.389 e. The molecule has 1 aromatic rings. The second kappa shape index (κ2) is 9.41. The number of β-amino-alcohol motifs (C(OH)–C–C–N with tert-alkyl or cyclic N) is 1. The molecule has 0 radical (unpaired) electrons. The molecule has 29 heavy (non-hydrogen) atoms. The van der Waals surface area contributed by atoms with Crippen LogP contribution in [0.5, 0.6) is 0 Å². The number of carbonyl (C=O) groups excluding carboxylic acids is 1. The van der Waals surface area contributed by atoms with Crippen molar-refractivity contribution in [3.63, 3.8) is 0 Å². The van der Waals surface area contributed by atoms with Crippen molar-refractivity contribution in [2.24, 2.45) is 5.73 Å². The fourth-order valence-corrected chi connectivity index (χ4v) is 3.52. The number of alkyl halides is 3. The standard InChI is InChI=1S/C17H24F3N5O3.ClH/c1-10(21)9-28-14-3-5-25(15(14)27)12-2-4-24(8-13(12)26)16-22-6-11(7-23-16)17(18,19)20;/h6-7,10,12-14,26H,2-5,8-9,21H2,1H3;1H/t10-,12+,13+,14+;/m0./s1. The SMILES string of the molecule is C[C@H](N)CO[C@@H]1CCN([C@@H]2CCN(c3ncc(C(F)(F)F)cn3)C[C@H]2O)C1=O.Cl. The first-order valence-corrected chi connectivity index (χ1v) is 9.16. The Bertz CT molecular complexity index is 692. The Hall–Kier alpha value is -1.69. The third-order valence-corrected chi connectivity index (χ3v) is 4.95. The molecule has 0 aliphatic carbocycles. The Morgan fingerprint density at radius 1 is 1.31 bits per heavy atom. The highest BCUT2D eigenvalue weighted by Gasteiger charge is 2.41. The quantitative estimate of drug-likeness (QED) is 0.699. The molecule has 1 amide bonds. The third-order valence-electron chi connectivity index (χ3n) is 4.95. The van der Waals surface area contributed by atoms with Crippen LogP contribution in [0.4, 0.5) is 19.1 Å². The number of halogens is 4. The number of hydrogen-bond acceptors (Lipinski definition) is 7. The molecule has 0 aromatic carbocycles. The van der Waals surface area contributed by atoms with Crippen LogP contribution in [-0.4, -0.2) is 76.4 Å². The number of ether oxygens (including phenoxy) is 1. The van der Waals surface area contributed by atoms with E-state index < -0.39 is 23.9 Å². The number of aliphatic hydroxyl groups excluding tert-OH is 1. The number of carbonyl (C=O) groups is 1. The average molecular weight is 440 g/mol. The van der Waals surface area contributed by atoms with Crippen LogP contribution in [0.1, 0.15) is 25.3 Å². The number of aliphatic hydroxyl groups is 1. The molecule has 4 atom stereocenters. The van der Waals surface area contributed by atoms with Crippen molar-refractivity contribution < 1.29 is 27.8 Å². The number of nitrogens with zero attached hydrogens (tertiary/aromatic N) is 4. The minimum atomic E-state index is -4.50. The lowest BCUT2D eigenvalue weighted by Crippen LogP contribution is -2.55. The maximum absolute atomic E-state index is 12.6. The Morgan fingerprint density at radius 2 is 1.97 bits per heavy atom. The lowest BCUT2D eigenvalue weighted by Gasteiger charge is -2.40. The van der Waals surface area contributed by atoms with E-state index in [0.717, 1.165) is 12.4 Å². The highest BCUT2D eigenvalue weighted by atomic mass is 35.5. The van der Waals surface area contributed by atoms with E-state index in [2.05, 4.69) is 9.97 Å². The fourth-order valence-electron chi connectivity index (χ4n) is 3.52. The van der Waals surface area contributed by atoms with Gasteiger partial charge in [0.15, 0.2) is 0 Å². The molecule has 2 fully saturated rings. The van der Waals surface area contributed by atoms with E-state index in [4.69, 9.17) is 10.5 Å². The van der Waals surface area contributed by atoms with E-state index in [1.165, 1.54) is 0 Å². The minimum absolute atomic E-state index is 0. The zero-order chi connectivity index (χ0) is 20.5. The number of rotatable bonds is 5. The van der Waals surface area contributed by atoms with Gasteiger partial charge in [-0.25, -0.2) is 9.97 Å². The summed E-state index contributed by atoms with van der Waals surface area (Å²) in [5.74, 6) is -0.0414. The molecule has 0 unspecified atom stereocenters. The topological polar surface area (TPSA) is 105 Å². The largest absolute Gasteiger partial charge is 0.419 e. The van der Waals surface area contributed by atoms with Gasteiger partial charge in [-0.3, -0.25) is 4.79 Å². The first-order valence-electron chi connectivity index (χ1n) is 9.16. The van der Waals surface area contributed by atoms with Crippen molar-refractivity contribution in [3.8, 4) is 0 Å². The second-order valence-corrected chi connectivity index (χ2v) is 7.26. The van der Waals surface area contributed by atoms with Crippen LogP contribution < -0.4 is 10.6 Å². The molecule has 2 saturated heterocycles. The third kappa shape index (κ3) is 5.47.